The lowest BCUT2D eigenvalue weighted by atomic mass is 9.99. The molecule has 3 heterocycles. The molecule has 0 saturated heterocycles. The number of rotatable bonds is 4. The molecule has 7 heteroatoms. The summed E-state index contributed by atoms with van der Waals surface area (Å²) in [5.74, 6) is -0.0731. The number of aromatic nitrogens is 1. The van der Waals surface area contributed by atoms with Gasteiger partial charge in [0, 0.05) is 34.6 Å². The van der Waals surface area contributed by atoms with Crippen molar-refractivity contribution in [2.75, 3.05) is 18.4 Å². The van der Waals surface area contributed by atoms with Crippen LogP contribution in [-0.2, 0) is 4.79 Å². The van der Waals surface area contributed by atoms with Crippen LogP contribution in [-0.4, -0.2) is 36.1 Å². The molecule has 2 amide bonds. The van der Waals surface area contributed by atoms with E-state index in [2.05, 4.69) is 44.4 Å². The van der Waals surface area contributed by atoms with Crippen molar-refractivity contribution < 1.29 is 9.59 Å². The Morgan fingerprint density at radius 3 is 2.84 bits per heavy atom. The molecule has 0 unspecified atom stereocenters. The molecule has 3 aliphatic rings. The van der Waals surface area contributed by atoms with Crippen molar-refractivity contribution in [1.82, 2.24) is 15.7 Å². The van der Waals surface area contributed by atoms with Crippen LogP contribution in [0.2, 0.25) is 0 Å². The SMILES string of the molecule is O=C1NN=Cc2c(C3=CCNCC3)[nH]c3cc(NC(=O)[C@@H]4C[C@H]4c4ccccc4)cc1c23. The van der Waals surface area contributed by atoms with E-state index in [-0.39, 0.29) is 23.7 Å². The summed E-state index contributed by atoms with van der Waals surface area (Å²) in [7, 11) is 0. The summed E-state index contributed by atoms with van der Waals surface area (Å²) < 4.78 is 0. The van der Waals surface area contributed by atoms with Crippen molar-refractivity contribution in [2.45, 2.75) is 18.8 Å². The molecule has 1 saturated carbocycles. The molecule has 2 aromatic carbocycles. The van der Waals surface area contributed by atoms with E-state index in [1.54, 1.807) is 12.3 Å². The van der Waals surface area contributed by atoms with Gasteiger partial charge in [-0.15, -0.1) is 0 Å². The molecule has 2 atom stereocenters. The van der Waals surface area contributed by atoms with Gasteiger partial charge in [0.25, 0.3) is 5.91 Å². The minimum absolute atomic E-state index is 0.0104. The van der Waals surface area contributed by atoms with Gasteiger partial charge in [-0.25, -0.2) is 5.43 Å². The molecule has 160 valence electrons. The number of benzene rings is 2. The second-order valence-electron chi connectivity index (χ2n) is 8.59. The molecule has 0 bridgehead atoms. The van der Waals surface area contributed by atoms with Gasteiger partial charge in [-0.05, 0) is 48.6 Å². The summed E-state index contributed by atoms with van der Waals surface area (Å²) >= 11 is 0. The van der Waals surface area contributed by atoms with Gasteiger partial charge in [0.05, 0.1) is 17.5 Å². The molecule has 0 spiro atoms. The molecule has 1 aliphatic carbocycles. The molecule has 0 radical (unpaired) electrons. The molecule has 6 rings (SSSR count). The van der Waals surface area contributed by atoms with E-state index >= 15 is 0 Å². The van der Waals surface area contributed by atoms with Crippen LogP contribution in [0.5, 0.6) is 0 Å². The normalized spacial score (nSPS) is 21.6. The minimum Gasteiger partial charge on any atom is -0.354 e. The summed E-state index contributed by atoms with van der Waals surface area (Å²) in [6, 6.07) is 13.8. The lowest BCUT2D eigenvalue weighted by molar-refractivity contribution is -0.117. The Balaban J connectivity index is 1.34. The molecule has 7 nitrogen and oxygen atoms in total. The number of nitrogens with zero attached hydrogens (tertiary/aromatic N) is 1. The molecular weight excluding hydrogens is 402 g/mol. The van der Waals surface area contributed by atoms with Crippen LogP contribution < -0.4 is 16.1 Å². The zero-order chi connectivity index (χ0) is 21.7. The van der Waals surface area contributed by atoms with Crippen LogP contribution in [0.1, 0.15) is 45.9 Å². The van der Waals surface area contributed by atoms with Crippen molar-refractivity contribution >= 4 is 40.2 Å². The molecule has 4 N–H and O–H groups in total. The maximum Gasteiger partial charge on any atom is 0.272 e. The standard InChI is InChI=1S/C25H23N5O2/c31-24(18-12-17(18)14-4-2-1-3-5-14)28-16-10-19-22-20(13-27-30-25(19)32)23(29-21(22)11-16)15-6-8-26-9-7-15/h1-6,10-11,13,17-18,26,29H,7-9,12H2,(H,28,31)(H,30,32)/t17-,18+/m0/s1. The Labute approximate surface area is 185 Å². The number of carbonyl (C=O) groups excluding carboxylic acids is 2. The number of carbonyl (C=O) groups is 2. The highest BCUT2D eigenvalue weighted by Gasteiger charge is 2.43. The number of anilines is 1. The third kappa shape index (κ3) is 3.22. The van der Waals surface area contributed by atoms with Gasteiger partial charge < -0.3 is 15.6 Å². The molecule has 32 heavy (non-hydrogen) atoms. The predicted octanol–water partition coefficient (Wildman–Crippen LogP) is 3.36. The maximum atomic E-state index is 12.9. The van der Waals surface area contributed by atoms with Gasteiger partial charge >= 0.3 is 0 Å². The Hall–Kier alpha value is -3.71. The molecule has 1 fully saturated rings. The molecule has 3 aromatic rings. The van der Waals surface area contributed by atoms with E-state index in [9.17, 15) is 9.59 Å². The quantitative estimate of drug-likeness (QED) is 0.516. The van der Waals surface area contributed by atoms with Crippen molar-refractivity contribution in [3.8, 4) is 0 Å². The van der Waals surface area contributed by atoms with Gasteiger partial charge in [0.2, 0.25) is 5.91 Å². The average molecular weight is 425 g/mol. The summed E-state index contributed by atoms with van der Waals surface area (Å²) in [6.45, 7) is 1.73. The topological polar surface area (TPSA) is 98.4 Å². The average Bonchev–Trinajstić information content (AvgIpc) is 3.57. The number of nitrogens with one attached hydrogen (secondary N) is 4. The first-order chi connectivity index (χ1) is 15.7. The number of aromatic amines is 1. The van der Waals surface area contributed by atoms with Crippen LogP contribution in [0, 0.1) is 5.92 Å². The largest absolute Gasteiger partial charge is 0.354 e. The molecule has 2 aliphatic heterocycles. The van der Waals surface area contributed by atoms with Crippen LogP contribution in [0.25, 0.3) is 16.5 Å². The van der Waals surface area contributed by atoms with Gasteiger partial charge in [-0.3, -0.25) is 9.59 Å². The third-order valence-corrected chi connectivity index (χ3v) is 6.55. The van der Waals surface area contributed by atoms with Crippen molar-refractivity contribution in [3.63, 3.8) is 0 Å². The van der Waals surface area contributed by atoms with E-state index < -0.39 is 0 Å². The van der Waals surface area contributed by atoms with E-state index in [4.69, 9.17) is 0 Å². The van der Waals surface area contributed by atoms with E-state index in [0.717, 1.165) is 48.1 Å². The second kappa shape index (κ2) is 7.46. The number of amides is 2. The van der Waals surface area contributed by atoms with Crippen molar-refractivity contribution in [2.24, 2.45) is 11.0 Å². The predicted molar refractivity (Wildman–Crippen MR) is 125 cm³/mol. The number of H-pyrrole nitrogens is 1. The maximum absolute atomic E-state index is 12.9. The van der Waals surface area contributed by atoms with E-state index in [0.29, 0.717) is 11.3 Å². The van der Waals surface area contributed by atoms with Crippen LogP contribution in [0.3, 0.4) is 0 Å². The lowest BCUT2D eigenvalue weighted by Gasteiger charge is -2.13. The summed E-state index contributed by atoms with van der Waals surface area (Å²) in [5, 5.41) is 11.3. The van der Waals surface area contributed by atoms with E-state index in [1.165, 1.54) is 11.1 Å². The van der Waals surface area contributed by atoms with E-state index in [1.807, 2.05) is 24.3 Å². The fourth-order valence-electron chi connectivity index (χ4n) is 4.85. The minimum atomic E-state index is -0.278. The Kier molecular flexibility index (Phi) is 4.43. The number of hydrogen-bond acceptors (Lipinski definition) is 4. The second-order valence-corrected chi connectivity index (χ2v) is 8.59. The van der Waals surface area contributed by atoms with Crippen LogP contribution in [0.15, 0.2) is 53.6 Å². The molecule has 1 aromatic heterocycles. The van der Waals surface area contributed by atoms with Crippen molar-refractivity contribution in [1.29, 1.82) is 0 Å². The van der Waals surface area contributed by atoms with Gasteiger partial charge in [-0.2, -0.15) is 5.10 Å². The first-order valence-electron chi connectivity index (χ1n) is 11.0. The van der Waals surface area contributed by atoms with Crippen LogP contribution >= 0.6 is 0 Å². The Morgan fingerprint density at radius 2 is 2.03 bits per heavy atom. The fourth-order valence-corrected chi connectivity index (χ4v) is 4.85. The van der Waals surface area contributed by atoms with Gasteiger partial charge in [-0.1, -0.05) is 36.4 Å². The summed E-state index contributed by atoms with van der Waals surface area (Å²) in [6.07, 6.45) is 5.62. The first-order valence-corrected chi connectivity index (χ1v) is 11.0. The van der Waals surface area contributed by atoms with Gasteiger partial charge in [0.15, 0.2) is 0 Å². The third-order valence-electron chi connectivity index (χ3n) is 6.55. The van der Waals surface area contributed by atoms with Crippen LogP contribution in [0.4, 0.5) is 5.69 Å². The highest BCUT2D eigenvalue weighted by Crippen LogP contribution is 2.48. The zero-order valence-electron chi connectivity index (χ0n) is 17.4. The van der Waals surface area contributed by atoms with Gasteiger partial charge in [0.1, 0.15) is 0 Å². The highest BCUT2D eigenvalue weighted by molar-refractivity contribution is 6.17. The lowest BCUT2D eigenvalue weighted by Crippen LogP contribution is -2.20. The zero-order valence-corrected chi connectivity index (χ0v) is 17.4. The van der Waals surface area contributed by atoms with Crippen molar-refractivity contribution in [3.05, 3.63) is 70.9 Å². The number of hydrogen-bond donors (Lipinski definition) is 4. The molecular formula is C25H23N5O2. The Morgan fingerprint density at radius 1 is 1.16 bits per heavy atom. The fraction of sp³-hybridized carbons (Fsp3) is 0.240. The monoisotopic (exact) mass is 425 g/mol. The Bertz CT molecular complexity index is 1300. The highest BCUT2D eigenvalue weighted by atomic mass is 16.2. The first kappa shape index (κ1) is 19.0. The smallest absolute Gasteiger partial charge is 0.272 e. The summed E-state index contributed by atoms with van der Waals surface area (Å²) in [4.78, 5) is 29.1. The summed E-state index contributed by atoms with van der Waals surface area (Å²) in [5.41, 5.74) is 8.83. The number of hydrazone groups is 1.